The lowest BCUT2D eigenvalue weighted by Gasteiger charge is -2.16. The summed E-state index contributed by atoms with van der Waals surface area (Å²) >= 11 is 0. The predicted octanol–water partition coefficient (Wildman–Crippen LogP) is 1.18. The lowest BCUT2D eigenvalue weighted by molar-refractivity contribution is -0.142. The molecule has 0 radical (unpaired) electrons. The summed E-state index contributed by atoms with van der Waals surface area (Å²) in [5.74, 6) is 0.365. The maximum atomic E-state index is 10.9. The molecule has 0 saturated carbocycles. The Balaban J connectivity index is 3.47. The quantitative estimate of drug-likeness (QED) is 0.634. The standard InChI is InChI=1S/C9H19NO2/c1-5-12-9(11)6-10-8(4)7(2)3/h7-8,10H,5-6H2,1-4H3. The smallest absolute Gasteiger partial charge is 0.319 e. The number of carbonyl (C=O) groups excluding carboxylic acids is 1. The topological polar surface area (TPSA) is 38.3 Å². The molecule has 0 spiro atoms. The van der Waals surface area contributed by atoms with Crippen molar-refractivity contribution < 1.29 is 9.53 Å². The van der Waals surface area contributed by atoms with Gasteiger partial charge in [-0.3, -0.25) is 4.79 Å². The molecule has 0 aromatic heterocycles. The Morgan fingerprint density at radius 3 is 2.42 bits per heavy atom. The van der Waals surface area contributed by atoms with Gasteiger partial charge in [-0.25, -0.2) is 0 Å². The number of nitrogens with one attached hydrogen (secondary N) is 1. The molecule has 0 aliphatic carbocycles. The van der Waals surface area contributed by atoms with Gasteiger partial charge in [0.15, 0.2) is 0 Å². The van der Waals surface area contributed by atoms with Crippen LogP contribution in [0.15, 0.2) is 0 Å². The van der Waals surface area contributed by atoms with Crippen LogP contribution in [0, 0.1) is 5.92 Å². The minimum atomic E-state index is -0.176. The monoisotopic (exact) mass is 173 g/mol. The van der Waals surface area contributed by atoms with E-state index in [4.69, 9.17) is 4.74 Å². The van der Waals surface area contributed by atoms with Crippen LogP contribution in [-0.2, 0) is 9.53 Å². The molecule has 0 aromatic carbocycles. The zero-order chi connectivity index (χ0) is 9.56. The highest BCUT2D eigenvalue weighted by Crippen LogP contribution is 1.98. The predicted molar refractivity (Wildman–Crippen MR) is 48.9 cm³/mol. The van der Waals surface area contributed by atoms with Crippen LogP contribution in [-0.4, -0.2) is 25.2 Å². The van der Waals surface area contributed by atoms with Gasteiger partial charge in [-0.2, -0.15) is 0 Å². The molecule has 0 aromatic rings. The lowest BCUT2D eigenvalue weighted by atomic mass is 10.1. The van der Waals surface area contributed by atoms with Crippen LogP contribution in [0.1, 0.15) is 27.7 Å². The largest absolute Gasteiger partial charge is 0.465 e. The van der Waals surface area contributed by atoms with Gasteiger partial charge in [0.2, 0.25) is 0 Å². The van der Waals surface area contributed by atoms with E-state index < -0.39 is 0 Å². The summed E-state index contributed by atoms with van der Waals surface area (Å²) in [5.41, 5.74) is 0. The molecule has 72 valence electrons. The zero-order valence-electron chi connectivity index (χ0n) is 8.39. The molecule has 0 saturated heterocycles. The first kappa shape index (κ1) is 11.4. The molecule has 1 unspecified atom stereocenters. The molecule has 12 heavy (non-hydrogen) atoms. The Labute approximate surface area is 74.5 Å². The summed E-state index contributed by atoms with van der Waals surface area (Å²) in [6.45, 7) is 8.86. The second kappa shape index (κ2) is 6.00. The van der Waals surface area contributed by atoms with Crippen LogP contribution in [0.2, 0.25) is 0 Å². The first-order chi connectivity index (χ1) is 5.57. The molecule has 0 aliphatic heterocycles. The van der Waals surface area contributed by atoms with Crippen molar-refractivity contribution in [3.63, 3.8) is 0 Å². The van der Waals surface area contributed by atoms with E-state index in [1.54, 1.807) is 0 Å². The van der Waals surface area contributed by atoms with Gasteiger partial charge < -0.3 is 10.1 Å². The third-order valence-electron chi connectivity index (χ3n) is 1.87. The van der Waals surface area contributed by atoms with Gasteiger partial charge >= 0.3 is 5.97 Å². The van der Waals surface area contributed by atoms with Crippen molar-refractivity contribution in [3.05, 3.63) is 0 Å². The Hall–Kier alpha value is -0.570. The van der Waals surface area contributed by atoms with Crippen LogP contribution >= 0.6 is 0 Å². The molecule has 0 heterocycles. The minimum absolute atomic E-state index is 0.176. The molecule has 0 amide bonds. The van der Waals surface area contributed by atoms with Crippen molar-refractivity contribution in [1.82, 2.24) is 5.32 Å². The average molecular weight is 173 g/mol. The molecule has 1 atom stereocenters. The van der Waals surface area contributed by atoms with Crippen LogP contribution in [0.3, 0.4) is 0 Å². The van der Waals surface area contributed by atoms with Gasteiger partial charge in [0.25, 0.3) is 0 Å². The fraction of sp³-hybridized carbons (Fsp3) is 0.889. The molecule has 0 bridgehead atoms. The number of ether oxygens (including phenoxy) is 1. The summed E-state index contributed by atoms with van der Waals surface area (Å²) in [6.07, 6.45) is 0. The minimum Gasteiger partial charge on any atom is -0.465 e. The summed E-state index contributed by atoms with van der Waals surface area (Å²) in [5, 5.41) is 3.09. The third-order valence-corrected chi connectivity index (χ3v) is 1.87. The molecular weight excluding hydrogens is 154 g/mol. The van der Waals surface area contributed by atoms with Crippen LogP contribution in [0.5, 0.6) is 0 Å². The molecule has 0 fully saturated rings. The highest BCUT2D eigenvalue weighted by atomic mass is 16.5. The first-order valence-corrected chi connectivity index (χ1v) is 4.47. The zero-order valence-corrected chi connectivity index (χ0v) is 8.39. The summed E-state index contributed by atoms with van der Waals surface area (Å²) < 4.78 is 4.77. The van der Waals surface area contributed by atoms with E-state index in [1.807, 2.05) is 6.92 Å². The number of esters is 1. The Morgan fingerprint density at radius 1 is 1.42 bits per heavy atom. The van der Waals surface area contributed by atoms with Crippen molar-refractivity contribution in [2.24, 2.45) is 5.92 Å². The van der Waals surface area contributed by atoms with E-state index in [2.05, 4.69) is 26.1 Å². The van der Waals surface area contributed by atoms with Crippen LogP contribution < -0.4 is 5.32 Å². The number of hydrogen-bond donors (Lipinski definition) is 1. The Morgan fingerprint density at radius 2 is 2.00 bits per heavy atom. The number of carbonyl (C=O) groups is 1. The van der Waals surface area contributed by atoms with Gasteiger partial charge in [-0.15, -0.1) is 0 Å². The van der Waals surface area contributed by atoms with E-state index >= 15 is 0 Å². The van der Waals surface area contributed by atoms with Crippen LogP contribution in [0.4, 0.5) is 0 Å². The van der Waals surface area contributed by atoms with E-state index in [0.717, 1.165) is 0 Å². The second-order valence-corrected chi connectivity index (χ2v) is 3.22. The molecule has 3 heteroatoms. The van der Waals surface area contributed by atoms with Crippen molar-refractivity contribution in [2.75, 3.05) is 13.2 Å². The van der Waals surface area contributed by atoms with E-state index in [0.29, 0.717) is 25.1 Å². The van der Waals surface area contributed by atoms with Crippen molar-refractivity contribution >= 4 is 5.97 Å². The fourth-order valence-corrected chi connectivity index (χ4v) is 0.692. The highest BCUT2D eigenvalue weighted by Gasteiger charge is 2.08. The van der Waals surface area contributed by atoms with Crippen molar-refractivity contribution in [3.8, 4) is 0 Å². The van der Waals surface area contributed by atoms with E-state index in [1.165, 1.54) is 0 Å². The third kappa shape index (κ3) is 5.13. The maximum Gasteiger partial charge on any atom is 0.319 e. The van der Waals surface area contributed by atoms with Gasteiger partial charge in [-0.05, 0) is 19.8 Å². The molecular formula is C9H19NO2. The van der Waals surface area contributed by atoms with Crippen molar-refractivity contribution in [1.29, 1.82) is 0 Å². The van der Waals surface area contributed by atoms with Gasteiger partial charge in [0.05, 0.1) is 13.2 Å². The maximum absolute atomic E-state index is 10.9. The molecule has 0 aliphatic rings. The van der Waals surface area contributed by atoms with Gasteiger partial charge in [0.1, 0.15) is 0 Å². The number of rotatable bonds is 5. The van der Waals surface area contributed by atoms with E-state index in [9.17, 15) is 4.79 Å². The normalized spacial score (nSPS) is 13.1. The Kier molecular flexibility index (Phi) is 5.72. The van der Waals surface area contributed by atoms with Gasteiger partial charge in [0, 0.05) is 6.04 Å². The number of hydrogen-bond acceptors (Lipinski definition) is 3. The summed E-state index contributed by atoms with van der Waals surface area (Å²) in [4.78, 5) is 10.9. The first-order valence-electron chi connectivity index (χ1n) is 4.47. The summed E-state index contributed by atoms with van der Waals surface area (Å²) in [7, 11) is 0. The van der Waals surface area contributed by atoms with Gasteiger partial charge in [-0.1, -0.05) is 13.8 Å². The Bertz CT molecular complexity index is 134. The van der Waals surface area contributed by atoms with E-state index in [-0.39, 0.29) is 5.97 Å². The highest BCUT2D eigenvalue weighted by molar-refractivity contribution is 5.71. The SMILES string of the molecule is CCOC(=O)CNC(C)C(C)C. The van der Waals surface area contributed by atoms with Crippen LogP contribution in [0.25, 0.3) is 0 Å². The second-order valence-electron chi connectivity index (χ2n) is 3.22. The molecule has 1 N–H and O–H groups in total. The average Bonchev–Trinajstić information content (AvgIpc) is 2.00. The lowest BCUT2D eigenvalue weighted by Crippen LogP contribution is -2.35. The van der Waals surface area contributed by atoms with Crippen molar-refractivity contribution in [2.45, 2.75) is 33.7 Å². The molecule has 3 nitrogen and oxygen atoms in total. The fourth-order valence-electron chi connectivity index (χ4n) is 0.692. The molecule has 0 rings (SSSR count). The summed E-state index contributed by atoms with van der Waals surface area (Å²) in [6, 6.07) is 0.356.